The van der Waals surface area contributed by atoms with Gasteiger partial charge in [0.25, 0.3) is 0 Å². The molecule has 1 aliphatic rings. The van der Waals surface area contributed by atoms with E-state index < -0.39 is 0 Å². The fourth-order valence-corrected chi connectivity index (χ4v) is 4.12. The molecule has 0 unspecified atom stereocenters. The first kappa shape index (κ1) is 18.7. The largest absolute Gasteiger partial charge is 0.341 e. The molecule has 154 valence electrons. The van der Waals surface area contributed by atoms with Crippen LogP contribution in [0.25, 0.3) is 22.3 Å². The van der Waals surface area contributed by atoms with E-state index >= 15 is 0 Å². The first-order chi connectivity index (χ1) is 14.6. The van der Waals surface area contributed by atoms with Crippen molar-refractivity contribution in [1.82, 2.24) is 29.9 Å². The van der Waals surface area contributed by atoms with Crippen LogP contribution in [-0.4, -0.2) is 43.0 Å². The van der Waals surface area contributed by atoms with E-state index in [0.29, 0.717) is 11.7 Å². The van der Waals surface area contributed by atoms with Crippen molar-refractivity contribution in [1.29, 1.82) is 0 Å². The van der Waals surface area contributed by atoms with E-state index in [-0.39, 0.29) is 5.92 Å². The molecule has 0 spiro atoms. The number of rotatable bonds is 4. The zero-order valence-corrected chi connectivity index (χ0v) is 17.5. The Balaban J connectivity index is 1.30. The lowest BCUT2D eigenvalue weighted by atomic mass is 9.97. The Labute approximate surface area is 174 Å². The molecule has 1 saturated heterocycles. The predicted octanol–water partition coefficient (Wildman–Crippen LogP) is 3.67. The number of hydrogen-bond donors (Lipinski definition) is 0. The number of nitrogens with zero attached hydrogens (tertiary/aromatic N) is 7. The minimum Gasteiger partial charge on any atom is -0.341 e. The number of aromatic nitrogens is 6. The fourth-order valence-electron chi connectivity index (χ4n) is 4.12. The van der Waals surface area contributed by atoms with Gasteiger partial charge in [0.2, 0.25) is 17.7 Å². The van der Waals surface area contributed by atoms with Gasteiger partial charge in [-0.15, -0.1) is 0 Å². The van der Waals surface area contributed by atoms with E-state index in [1.54, 1.807) is 0 Å². The van der Waals surface area contributed by atoms with Crippen molar-refractivity contribution in [2.75, 3.05) is 18.0 Å². The van der Waals surface area contributed by atoms with Crippen molar-refractivity contribution in [2.24, 2.45) is 7.05 Å². The minimum atomic E-state index is 0.264. The summed E-state index contributed by atoms with van der Waals surface area (Å²) in [7, 11) is 1.95. The Morgan fingerprint density at radius 2 is 1.90 bits per heavy atom. The SMILES string of the molecule is CCc1cnc(N2CCC(c3nc(-c4ccc5c(C)nn(C)c5c4)no3)CC2)nc1. The van der Waals surface area contributed by atoms with Gasteiger partial charge in [0.05, 0.1) is 11.2 Å². The van der Waals surface area contributed by atoms with Crippen molar-refractivity contribution >= 4 is 16.9 Å². The summed E-state index contributed by atoms with van der Waals surface area (Å²) < 4.78 is 7.53. The third-order valence-electron chi connectivity index (χ3n) is 5.96. The molecule has 8 nitrogen and oxygen atoms in total. The lowest BCUT2D eigenvalue weighted by Crippen LogP contribution is -2.34. The molecule has 0 N–H and O–H groups in total. The Hall–Kier alpha value is -3.29. The van der Waals surface area contributed by atoms with Crippen LogP contribution in [0, 0.1) is 6.92 Å². The molecule has 0 saturated carbocycles. The smallest absolute Gasteiger partial charge is 0.230 e. The van der Waals surface area contributed by atoms with Gasteiger partial charge in [0.1, 0.15) is 0 Å². The van der Waals surface area contributed by atoms with Crippen LogP contribution in [0.2, 0.25) is 0 Å². The third-order valence-corrected chi connectivity index (χ3v) is 5.96. The molecule has 1 aliphatic heterocycles. The maximum absolute atomic E-state index is 5.64. The number of hydrogen-bond acceptors (Lipinski definition) is 7. The summed E-state index contributed by atoms with van der Waals surface area (Å²) in [6.45, 7) is 5.89. The quantitative estimate of drug-likeness (QED) is 0.514. The van der Waals surface area contributed by atoms with Crippen LogP contribution in [0.1, 0.15) is 42.8 Å². The predicted molar refractivity (Wildman–Crippen MR) is 114 cm³/mol. The lowest BCUT2D eigenvalue weighted by molar-refractivity contribution is 0.329. The Morgan fingerprint density at radius 3 is 2.63 bits per heavy atom. The van der Waals surface area contributed by atoms with Crippen LogP contribution in [0.3, 0.4) is 0 Å². The van der Waals surface area contributed by atoms with Gasteiger partial charge in [-0.25, -0.2) is 9.97 Å². The second kappa shape index (κ2) is 7.51. The maximum atomic E-state index is 5.64. The monoisotopic (exact) mass is 403 g/mol. The summed E-state index contributed by atoms with van der Waals surface area (Å²) >= 11 is 0. The van der Waals surface area contributed by atoms with Crippen molar-refractivity contribution in [3.05, 3.63) is 47.7 Å². The van der Waals surface area contributed by atoms with Crippen LogP contribution in [0.4, 0.5) is 5.95 Å². The lowest BCUT2D eigenvalue weighted by Gasteiger charge is -2.30. The van der Waals surface area contributed by atoms with E-state index in [2.05, 4.69) is 44.2 Å². The van der Waals surface area contributed by atoms with Crippen molar-refractivity contribution < 1.29 is 4.52 Å². The Morgan fingerprint density at radius 1 is 1.13 bits per heavy atom. The van der Waals surface area contributed by atoms with E-state index in [1.165, 1.54) is 0 Å². The molecule has 0 atom stereocenters. The van der Waals surface area contributed by atoms with E-state index in [9.17, 15) is 0 Å². The number of anilines is 1. The average Bonchev–Trinajstić information content (AvgIpc) is 3.39. The van der Waals surface area contributed by atoms with Gasteiger partial charge in [-0.05, 0) is 37.8 Å². The average molecular weight is 403 g/mol. The van der Waals surface area contributed by atoms with E-state index in [0.717, 1.165) is 66.0 Å². The van der Waals surface area contributed by atoms with Crippen molar-refractivity contribution in [3.63, 3.8) is 0 Å². The highest BCUT2D eigenvalue weighted by Gasteiger charge is 2.26. The molecule has 4 aromatic rings. The van der Waals surface area contributed by atoms with Crippen LogP contribution in [-0.2, 0) is 13.5 Å². The summed E-state index contributed by atoms with van der Waals surface area (Å²) in [6.07, 6.45) is 6.68. The zero-order valence-electron chi connectivity index (χ0n) is 17.5. The highest BCUT2D eigenvalue weighted by molar-refractivity contribution is 5.85. The molecule has 5 rings (SSSR count). The van der Waals surface area contributed by atoms with Crippen LogP contribution < -0.4 is 4.90 Å². The minimum absolute atomic E-state index is 0.264. The number of aryl methyl sites for hydroxylation is 3. The summed E-state index contributed by atoms with van der Waals surface area (Å²) in [5, 5.41) is 9.87. The molecule has 8 heteroatoms. The molecule has 4 heterocycles. The maximum Gasteiger partial charge on any atom is 0.230 e. The fraction of sp³-hybridized carbons (Fsp3) is 0.409. The third kappa shape index (κ3) is 3.32. The molecule has 0 radical (unpaired) electrons. The van der Waals surface area contributed by atoms with Gasteiger partial charge < -0.3 is 9.42 Å². The first-order valence-electron chi connectivity index (χ1n) is 10.5. The topological polar surface area (TPSA) is 85.8 Å². The highest BCUT2D eigenvalue weighted by Crippen LogP contribution is 2.30. The van der Waals surface area contributed by atoms with Gasteiger partial charge in [0, 0.05) is 49.4 Å². The summed E-state index contributed by atoms with van der Waals surface area (Å²) in [5.41, 5.74) is 4.19. The highest BCUT2D eigenvalue weighted by atomic mass is 16.5. The number of benzene rings is 1. The van der Waals surface area contributed by atoms with Gasteiger partial charge in [-0.2, -0.15) is 10.1 Å². The van der Waals surface area contributed by atoms with Crippen molar-refractivity contribution in [3.8, 4) is 11.4 Å². The number of fused-ring (bicyclic) bond motifs is 1. The van der Waals surface area contributed by atoms with Crippen molar-refractivity contribution in [2.45, 2.75) is 39.0 Å². The zero-order chi connectivity index (χ0) is 20.7. The summed E-state index contributed by atoms with van der Waals surface area (Å²) in [5.74, 6) is 2.41. The molecule has 1 fully saturated rings. The second-order valence-electron chi connectivity index (χ2n) is 7.90. The molecule has 1 aromatic carbocycles. The second-order valence-corrected chi connectivity index (χ2v) is 7.90. The summed E-state index contributed by atoms with van der Waals surface area (Å²) in [4.78, 5) is 15.9. The Bertz CT molecular complexity index is 1170. The Kier molecular flexibility index (Phi) is 4.69. The molecular formula is C22H25N7O. The van der Waals surface area contributed by atoms with Crippen LogP contribution >= 0.6 is 0 Å². The molecule has 0 bridgehead atoms. The molecule has 3 aromatic heterocycles. The molecule has 0 amide bonds. The molecular weight excluding hydrogens is 378 g/mol. The summed E-state index contributed by atoms with van der Waals surface area (Å²) in [6, 6.07) is 6.18. The molecule has 30 heavy (non-hydrogen) atoms. The normalized spacial score (nSPS) is 15.2. The van der Waals surface area contributed by atoms with Gasteiger partial charge in [0.15, 0.2) is 0 Å². The standard InChI is InChI=1S/C22H25N7O/c1-4-15-12-23-22(24-13-15)29-9-7-16(8-10-29)21-25-20(27-30-21)17-5-6-18-14(2)26-28(3)19(18)11-17/h5-6,11-13,16H,4,7-10H2,1-3H3. The van der Waals surface area contributed by atoms with Crippen LogP contribution in [0.5, 0.6) is 0 Å². The number of piperidine rings is 1. The van der Waals surface area contributed by atoms with E-state index in [1.807, 2.05) is 37.1 Å². The first-order valence-corrected chi connectivity index (χ1v) is 10.5. The van der Waals surface area contributed by atoms with Gasteiger partial charge >= 0.3 is 0 Å². The van der Waals surface area contributed by atoms with Gasteiger partial charge in [-0.3, -0.25) is 4.68 Å². The van der Waals surface area contributed by atoms with E-state index in [4.69, 9.17) is 9.51 Å². The van der Waals surface area contributed by atoms with Crippen LogP contribution in [0.15, 0.2) is 35.1 Å². The van der Waals surface area contributed by atoms with Gasteiger partial charge in [-0.1, -0.05) is 24.2 Å². The molecule has 0 aliphatic carbocycles.